The summed E-state index contributed by atoms with van der Waals surface area (Å²) in [6, 6.07) is 1.59. The number of aromatic nitrogens is 3. The van der Waals surface area contributed by atoms with Crippen LogP contribution in [0.15, 0.2) is 21.9 Å². The van der Waals surface area contributed by atoms with Crippen molar-refractivity contribution in [3.05, 3.63) is 38.8 Å². The molecule has 8 heteroatoms. The zero-order valence-corrected chi connectivity index (χ0v) is 11.4. The van der Waals surface area contributed by atoms with Crippen LogP contribution in [0, 0.1) is 6.92 Å². The molecular formula is C12H15N5O3. The molecule has 0 unspecified atom stereocenters. The molecule has 0 aliphatic carbocycles. The monoisotopic (exact) mass is 277 g/mol. The lowest BCUT2D eigenvalue weighted by Gasteiger charge is -2.16. The van der Waals surface area contributed by atoms with Gasteiger partial charge in [-0.2, -0.15) is 0 Å². The van der Waals surface area contributed by atoms with Gasteiger partial charge in [-0.1, -0.05) is 0 Å². The fourth-order valence-corrected chi connectivity index (χ4v) is 1.94. The maximum absolute atomic E-state index is 12.3. The summed E-state index contributed by atoms with van der Waals surface area (Å²) in [6.07, 6.45) is 1.55. The van der Waals surface area contributed by atoms with E-state index in [-0.39, 0.29) is 11.5 Å². The number of pyridine rings is 1. The van der Waals surface area contributed by atoms with Crippen molar-refractivity contribution >= 4 is 11.5 Å². The third-order valence-corrected chi connectivity index (χ3v) is 3.04. The highest BCUT2D eigenvalue weighted by Gasteiger charge is 2.19. The topological polar surface area (TPSA) is 118 Å². The Balaban J connectivity index is 2.99. The average Bonchev–Trinajstić information content (AvgIpc) is 2.44. The Morgan fingerprint density at radius 2 is 1.95 bits per heavy atom. The normalized spacial score (nSPS) is 10.6. The molecule has 4 N–H and O–H groups in total. The van der Waals surface area contributed by atoms with E-state index < -0.39 is 11.2 Å². The van der Waals surface area contributed by atoms with Crippen LogP contribution in [0.1, 0.15) is 5.69 Å². The summed E-state index contributed by atoms with van der Waals surface area (Å²) in [5, 5.41) is 0. The maximum atomic E-state index is 12.3. The van der Waals surface area contributed by atoms with Crippen molar-refractivity contribution in [2.75, 3.05) is 18.6 Å². The zero-order chi connectivity index (χ0) is 15.0. The molecule has 2 aromatic rings. The Kier molecular flexibility index (Phi) is 3.23. The minimum Gasteiger partial charge on any atom is -0.494 e. The van der Waals surface area contributed by atoms with Crippen LogP contribution in [0.3, 0.4) is 0 Å². The van der Waals surface area contributed by atoms with E-state index in [2.05, 4.69) is 4.98 Å². The van der Waals surface area contributed by atoms with Gasteiger partial charge >= 0.3 is 5.69 Å². The lowest BCUT2D eigenvalue weighted by atomic mass is 10.2. The van der Waals surface area contributed by atoms with Crippen LogP contribution in [0.25, 0.3) is 5.69 Å². The van der Waals surface area contributed by atoms with Crippen molar-refractivity contribution in [1.29, 1.82) is 0 Å². The van der Waals surface area contributed by atoms with Crippen molar-refractivity contribution in [2.24, 2.45) is 7.05 Å². The number of ether oxygens (including phenoxy) is 1. The molecule has 2 heterocycles. The van der Waals surface area contributed by atoms with E-state index in [4.69, 9.17) is 16.2 Å². The van der Waals surface area contributed by atoms with Gasteiger partial charge in [0.05, 0.1) is 12.8 Å². The van der Waals surface area contributed by atoms with Gasteiger partial charge in [-0.15, -0.1) is 0 Å². The average molecular weight is 277 g/mol. The number of hydrogen-bond acceptors (Lipinski definition) is 6. The Morgan fingerprint density at radius 3 is 2.55 bits per heavy atom. The third kappa shape index (κ3) is 1.81. The van der Waals surface area contributed by atoms with Crippen LogP contribution in [-0.2, 0) is 7.05 Å². The summed E-state index contributed by atoms with van der Waals surface area (Å²) in [5.74, 6) is 0.275. The highest BCUT2D eigenvalue weighted by Crippen LogP contribution is 2.26. The van der Waals surface area contributed by atoms with E-state index in [1.165, 1.54) is 14.2 Å². The van der Waals surface area contributed by atoms with Crippen LogP contribution in [-0.4, -0.2) is 21.2 Å². The first-order chi connectivity index (χ1) is 9.40. The minimum atomic E-state index is -0.635. The fourth-order valence-electron chi connectivity index (χ4n) is 1.94. The second-order valence-electron chi connectivity index (χ2n) is 4.23. The molecule has 2 rings (SSSR count). The first-order valence-corrected chi connectivity index (χ1v) is 5.77. The van der Waals surface area contributed by atoms with Gasteiger partial charge in [-0.05, 0) is 6.92 Å². The lowest BCUT2D eigenvalue weighted by Crippen LogP contribution is -2.40. The van der Waals surface area contributed by atoms with Gasteiger partial charge in [0.25, 0.3) is 5.56 Å². The number of aryl methyl sites for hydroxylation is 1. The summed E-state index contributed by atoms with van der Waals surface area (Å²) < 4.78 is 7.23. The Bertz CT molecular complexity index is 791. The summed E-state index contributed by atoms with van der Waals surface area (Å²) >= 11 is 0. The number of nitrogens with two attached hydrogens (primary N) is 2. The molecule has 0 aliphatic rings. The molecule has 0 saturated heterocycles. The predicted octanol–water partition coefficient (Wildman–Crippen LogP) is -0.587. The van der Waals surface area contributed by atoms with Gasteiger partial charge in [-0.3, -0.25) is 14.3 Å². The highest BCUT2D eigenvalue weighted by atomic mass is 16.5. The van der Waals surface area contributed by atoms with E-state index in [9.17, 15) is 9.59 Å². The van der Waals surface area contributed by atoms with Gasteiger partial charge < -0.3 is 16.2 Å². The molecule has 2 aromatic heterocycles. The molecule has 106 valence electrons. The van der Waals surface area contributed by atoms with Crippen molar-refractivity contribution in [2.45, 2.75) is 6.92 Å². The fraction of sp³-hybridized carbons (Fsp3) is 0.250. The second kappa shape index (κ2) is 4.72. The smallest absolute Gasteiger partial charge is 0.337 e. The summed E-state index contributed by atoms with van der Waals surface area (Å²) in [5.41, 5.74) is 10.9. The van der Waals surface area contributed by atoms with Crippen molar-refractivity contribution in [3.8, 4) is 11.4 Å². The van der Waals surface area contributed by atoms with E-state index >= 15 is 0 Å². The molecule has 0 spiro atoms. The second-order valence-corrected chi connectivity index (χ2v) is 4.23. The first-order valence-electron chi connectivity index (χ1n) is 5.77. The predicted molar refractivity (Wildman–Crippen MR) is 75.2 cm³/mol. The van der Waals surface area contributed by atoms with E-state index in [1.54, 1.807) is 19.2 Å². The van der Waals surface area contributed by atoms with E-state index in [0.29, 0.717) is 17.1 Å². The third-order valence-electron chi connectivity index (χ3n) is 3.04. The number of anilines is 2. The molecule has 0 amide bonds. The van der Waals surface area contributed by atoms with Crippen LogP contribution in [0.4, 0.5) is 11.5 Å². The van der Waals surface area contributed by atoms with Gasteiger partial charge in [0.2, 0.25) is 0 Å². The van der Waals surface area contributed by atoms with Crippen molar-refractivity contribution in [1.82, 2.24) is 14.1 Å². The number of nitrogens with zero attached hydrogens (tertiary/aromatic N) is 3. The van der Waals surface area contributed by atoms with Crippen molar-refractivity contribution in [3.63, 3.8) is 0 Å². The van der Waals surface area contributed by atoms with Gasteiger partial charge in [0, 0.05) is 19.3 Å². The van der Waals surface area contributed by atoms with Gasteiger partial charge in [0.1, 0.15) is 22.9 Å². The van der Waals surface area contributed by atoms with Crippen LogP contribution in [0.5, 0.6) is 5.75 Å². The molecule has 0 saturated carbocycles. The molecule has 0 atom stereocenters. The molecule has 0 fully saturated rings. The Labute approximate surface area is 114 Å². The standard InChI is InChI=1S/C12H15N5O3/c1-6-9(7(20-3)4-5-15-6)17-10(14)8(13)11(18)16(2)12(17)19/h4-5H,13-14H2,1-3H3. The minimum absolute atomic E-state index is 0.132. The van der Waals surface area contributed by atoms with Crippen LogP contribution in [0.2, 0.25) is 0 Å². The molecule has 0 aromatic carbocycles. The molecule has 20 heavy (non-hydrogen) atoms. The maximum Gasteiger partial charge on any atom is 0.337 e. The molecule has 0 aliphatic heterocycles. The van der Waals surface area contributed by atoms with Gasteiger partial charge in [-0.25, -0.2) is 9.36 Å². The van der Waals surface area contributed by atoms with Crippen molar-refractivity contribution < 1.29 is 4.74 Å². The summed E-state index contributed by atoms with van der Waals surface area (Å²) in [6.45, 7) is 1.70. The molecular weight excluding hydrogens is 262 g/mol. The summed E-state index contributed by atoms with van der Waals surface area (Å²) in [7, 11) is 2.79. The zero-order valence-electron chi connectivity index (χ0n) is 11.4. The largest absolute Gasteiger partial charge is 0.494 e. The molecule has 8 nitrogen and oxygen atoms in total. The number of hydrogen-bond donors (Lipinski definition) is 2. The highest BCUT2D eigenvalue weighted by molar-refractivity contribution is 5.63. The SMILES string of the molecule is COc1ccnc(C)c1-n1c(N)c(N)c(=O)n(C)c1=O. The molecule has 0 bridgehead atoms. The Hall–Kier alpha value is -2.77. The number of methoxy groups -OCH3 is 1. The van der Waals surface area contributed by atoms with Crippen LogP contribution < -0.4 is 27.5 Å². The number of nitrogen functional groups attached to an aromatic ring is 2. The Morgan fingerprint density at radius 1 is 1.30 bits per heavy atom. The quantitative estimate of drug-likeness (QED) is 0.757. The van der Waals surface area contributed by atoms with E-state index in [0.717, 1.165) is 9.13 Å². The number of rotatable bonds is 2. The first kappa shape index (κ1) is 13.7. The molecule has 0 radical (unpaired) electrons. The summed E-state index contributed by atoms with van der Waals surface area (Å²) in [4.78, 5) is 28.1. The lowest BCUT2D eigenvalue weighted by molar-refractivity contribution is 0.411. The van der Waals surface area contributed by atoms with Crippen LogP contribution >= 0.6 is 0 Å². The van der Waals surface area contributed by atoms with E-state index in [1.807, 2.05) is 0 Å². The van der Waals surface area contributed by atoms with Gasteiger partial charge in [0.15, 0.2) is 0 Å².